The number of nitrogens with zero attached hydrogens (tertiary/aromatic N) is 2. The molecule has 0 saturated heterocycles. The van der Waals surface area contributed by atoms with Gasteiger partial charge in [0.25, 0.3) is 0 Å². The van der Waals surface area contributed by atoms with Crippen LogP contribution in [-0.4, -0.2) is 9.97 Å². The maximum absolute atomic E-state index is 5.43. The highest BCUT2D eigenvalue weighted by Crippen LogP contribution is 2.45. The average Bonchev–Trinajstić information content (AvgIpc) is 2.94. The molecule has 3 N–H and O–H groups in total. The summed E-state index contributed by atoms with van der Waals surface area (Å²) in [5, 5.41) is 0. The van der Waals surface area contributed by atoms with E-state index in [2.05, 4.69) is 36.2 Å². The summed E-state index contributed by atoms with van der Waals surface area (Å²) in [5.74, 6) is 8.99. The van der Waals surface area contributed by atoms with Crippen molar-refractivity contribution in [1.29, 1.82) is 0 Å². The van der Waals surface area contributed by atoms with Gasteiger partial charge in [-0.25, -0.2) is 15.8 Å². The molecule has 1 heterocycles. The molecule has 1 aliphatic carbocycles. The first-order valence-corrected chi connectivity index (χ1v) is 5.94. The molecule has 0 radical (unpaired) electrons. The van der Waals surface area contributed by atoms with Gasteiger partial charge >= 0.3 is 0 Å². The molecule has 16 heavy (non-hydrogen) atoms. The van der Waals surface area contributed by atoms with Crippen molar-refractivity contribution in [3.8, 4) is 0 Å². The van der Waals surface area contributed by atoms with Crippen molar-refractivity contribution in [3.05, 3.63) is 17.6 Å². The summed E-state index contributed by atoms with van der Waals surface area (Å²) in [6.07, 6.45) is 2.18. The summed E-state index contributed by atoms with van der Waals surface area (Å²) in [6, 6.07) is 1.94. The predicted molar refractivity (Wildman–Crippen MR) is 64.9 cm³/mol. The molecule has 2 atom stereocenters. The first-order chi connectivity index (χ1) is 7.60. The molecule has 1 aliphatic rings. The molecular weight excluding hydrogens is 200 g/mol. The number of nitrogens with one attached hydrogen (secondary N) is 1. The summed E-state index contributed by atoms with van der Waals surface area (Å²) < 4.78 is 0. The molecule has 2 unspecified atom stereocenters. The van der Waals surface area contributed by atoms with Crippen molar-refractivity contribution in [2.45, 2.75) is 39.5 Å². The molecule has 4 nitrogen and oxygen atoms in total. The van der Waals surface area contributed by atoms with Crippen LogP contribution in [-0.2, 0) is 6.42 Å². The van der Waals surface area contributed by atoms with Crippen LogP contribution in [0.15, 0.2) is 6.07 Å². The molecule has 88 valence electrons. The summed E-state index contributed by atoms with van der Waals surface area (Å²) in [4.78, 5) is 9.05. The summed E-state index contributed by atoms with van der Waals surface area (Å²) in [5.41, 5.74) is 3.72. The maximum atomic E-state index is 5.43. The van der Waals surface area contributed by atoms with Gasteiger partial charge in [0.05, 0.1) is 0 Å². The Balaban J connectivity index is 2.24. The largest absolute Gasteiger partial charge is 0.308 e. The van der Waals surface area contributed by atoms with Crippen LogP contribution in [0.2, 0.25) is 0 Å². The van der Waals surface area contributed by atoms with E-state index in [-0.39, 0.29) is 0 Å². The Morgan fingerprint density at radius 3 is 2.69 bits per heavy atom. The number of nitrogen functional groups attached to an aromatic ring is 1. The Kier molecular flexibility index (Phi) is 3.10. The monoisotopic (exact) mass is 220 g/mol. The smallest absolute Gasteiger partial charge is 0.143 e. The minimum absolute atomic E-state index is 0.541. The molecule has 1 fully saturated rings. The number of hydrogen-bond donors (Lipinski definition) is 2. The number of anilines is 1. The van der Waals surface area contributed by atoms with E-state index in [1.54, 1.807) is 0 Å². The van der Waals surface area contributed by atoms with Gasteiger partial charge in [-0.2, -0.15) is 0 Å². The first-order valence-electron chi connectivity index (χ1n) is 5.94. The molecule has 0 aliphatic heterocycles. The first kappa shape index (κ1) is 11.3. The molecular formula is C12H20N4. The minimum atomic E-state index is 0.541. The number of aromatic nitrogens is 2. The quantitative estimate of drug-likeness (QED) is 0.602. The van der Waals surface area contributed by atoms with Gasteiger partial charge in [0, 0.05) is 17.7 Å². The summed E-state index contributed by atoms with van der Waals surface area (Å²) in [7, 11) is 0. The highest BCUT2D eigenvalue weighted by molar-refractivity contribution is 5.35. The van der Waals surface area contributed by atoms with Crippen LogP contribution in [0.25, 0.3) is 0 Å². The van der Waals surface area contributed by atoms with E-state index in [1.165, 1.54) is 6.42 Å². The van der Waals surface area contributed by atoms with Crippen molar-refractivity contribution in [1.82, 2.24) is 9.97 Å². The zero-order valence-electron chi connectivity index (χ0n) is 10.2. The fourth-order valence-corrected chi connectivity index (χ4v) is 1.96. The molecule has 2 rings (SSSR count). The Hall–Kier alpha value is -1.16. The second-order valence-electron chi connectivity index (χ2n) is 5.16. The summed E-state index contributed by atoms with van der Waals surface area (Å²) in [6.45, 7) is 6.62. The van der Waals surface area contributed by atoms with Crippen LogP contribution >= 0.6 is 0 Å². The molecule has 1 aromatic heterocycles. The van der Waals surface area contributed by atoms with Crippen LogP contribution in [0.1, 0.15) is 44.6 Å². The number of rotatable bonds is 4. The van der Waals surface area contributed by atoms with E-state index >= 15 is 0 Å². The highest BCUT2D eigenvalue weighted by atomic mass is 15.3. The molecule has 0 amide bonds. The fraction of sp³-hybridized carbons (Fsp3) is 0.667. The number of nitrogens with two attached hydrogens (primary N) is 1. The van der Waals surface area contributed by atoms with Crippen LogP contribution < -0.4 is 11.3 Å². The second-order valence-corrected chi connectivity index (χ2v) is 5.16. The molecule has 0 spiro atoms. The van der Waals surface area contributed by atoms with Crippen molar-refractivity contribution >= 4 is 5.82 Å². The normalized spacial score (nSPS) is 23.6. The van der Waals surface area contributed by atoms with Crippen molar-refractivity contribution in [2.75, 3.05) is 5.43 Å². The average molecular weight is 220 g/mol. The van der Waals surface area contributed by atoms with E-state index < -0.39 is 0 Å². The fourth-order valence-electron chi connectivity index (χ4n) is 1.96. The van der Waals surface area contributed by atoms with Gasteiger partial charge in [-0.1, -0.05) is 20.8 Å². The van der Waals surface area contributed by atoms with Crippen LogP contribution in [0.4, 0.5) is 5.82 Å². The topological polar surface area (TPSA) is 63.8 Å². The number of hydrazine groups is 1. The van der Waals surface area contributed by atoms with Crippen molar-refractivity contribution in [3.63, 3.8) is 0 Å². The summed E-state index contributed by atoms with van der Waals surface area (Å²) >= 11 is 0. The SMILES string of the molecule is CC(C)Cc1cc(NN)nc(C2CC2C)n1. The van der Waals surface area contributed by atoms with Gasteiger partial charge < -0.3 is 5.43 Å². The highest BCUT2D eigenvalue weighted by Gasteiger charge is 2.36. The molecule has 4 heteroatoms. The molecule has 1 aromatic rings. The second kappa shape index (κ2) is 4.37. The Bertz CT molecular complexity index is 375. The predicted octanol–water partition coefficient (Wildman–Crippen LogP) is 2.08. The zero-order chi connectivity index (χ0) is 11.7. The Morgan fingerprint density at radius 1 is 1.50 bits per heavy atom. The minimum Gasteiger partial charge on any atom is -0.308 e. The van der Waals surface area contributed by atoms with Gasteiger partial charge in [0.1, 0.15) is 11.6 Å². The van der Waals surface area contributed by atoms with Gasteiger partial charge in [-0.15, -0.1) is 0 Å². The third-order valence-corrected chi connectivity index (χ3v) is 3.00. The van der Waals surface area contributed by atoms with Crippen LogP contribution in [0.3, 0.4) is 0 Å². The van der Waals surface area contributed by atoms with E-state index in [4.69, 9.17) is 5.84 Å². The van der Waals surface area contributed by atoms with E-state index in [9.17, 15) is 0 Å². The van der Waals surface area contributed by atoms with Gasteiger partial charge in [-0.05, 0) is 24.7 Å². The standard InChI is InChI=1S/C12H20N4/c1-7(2)4-9-6-11(16-13)15-12(14-9)10-5-8(10)3/h6-8,10H,4-5,13H2,1-3H3,(H,14,15,16). The van der Waals surface area contributed by atoms with Crippen molar-refractivity contribution in [2.24, 2.45) is 17.7 Å². The lowest BCUT2D eigenvalue weighted by molar-refractivity contribution is 0.629. The van der Waals surface area contributed by atoms with E-state index in [0.29, 0.717) is 11.8 Å². The third kappa shape index (κ3) is 2.50. The van der Waals surface area contributed by atoms with Gasteiger partial charge in [-0.3, -0.25) is 0 Å². The van der Waals surface area contributed by atoms with Gasteiger partial charge in [0.15, 0.2) is 0 Å². The zero-order valence-corrected chi connectivity index (χ0v) is 10.2. The van der Waals surface area contributed by atoms with Gasteiger partial charge in [0.2, 0.25) is 0 Å². The Labute approximate surface area is 96.6 Å². The van der Waals surface area contributed by atoms with E-state index in [1.807, 2.05) is 6.07 Å². The lowest BCUT2D eigenvalue weighted by atomic mass is 10.1. The lowest BCUT2D eigenvalue weighted by Crippen LogP contribution is -2.12. The van der Waals surface area contributed by atoms with Crippen LogP contribution in [0, 0.1) is 11.8 Å². The molecule has 0 aromatic carbocycles. The lowest BCUT2D eigenvalue weighted by Gasteiger charge is -2.09. The number of hydrogen-bond acceptors (Lipinski definition) is 4. The van der Waals surface area contributed by atoms with Crippen molar-refractivity contribution < 1.29 is 0 Å². The molecule has 0 bridgehead atoms. The third-order valence-electron chi connectivity index (χ3n) is 3.00. The Morgan fingerprint density at radius 2 is 2.19 bits per heavy atom. The van der Waals surface area contributed by atoms with Crippen LogP contribution in [0.5, 0.6) is 0 Å². The van der Waals surface area contributed by atoms with E-state index in [0.717, 1.165) is 29.7 Å². The molecule has 1 saturated carbocycles. The maximum Gasteiger partial charge on any atom is 0.143 e.